The molecule has 1 aromatic rings. The second kappa shape index (κ2) is 6.32. The number of carbonyl (C=O) groups is 2. The van der Waals surface area contributed by atoms with Crippen molar-refractivity contribution in [3.8, 4) is 5.75 Å². The number of carbonyl (C=O) groups excluding carboxylic acids is 2. The van der Waals surface area contributed by atoms with Gasteiger partial charge in [0.15, 0.2) is 0 Å². The Hall–Kier alpha value is -2.50. The van der Waals surface area contributed by atoms with Crippen molar-refractivity contribution in [3.63, 3.8) is 0 Å². The quantitative estimate of drug-likeness (QED) is 0.628. The summed E-state index contributed by atoms with van der Waals surface area (Å²) in [5.74, 6) is -1.26. The first-order valence-electron chi connectivity index (χ1n) is 7.24. The van der Waals surface area contributed by atoms with Crippen molar-refractivity contribution in [1.29, 1.82) is 0 Å². The van der Waals surface area contributed by atoms with Gasteiger partial charge in [0.1, 0.15) is 5.75 Å². The largest absolute Gasteiger partial charge is 0.496 e. The first kappa shape index (κ1) is 16.9. The molecule has 0 N–H and O–H groups in total. The predicted molar refractivity (Wildman–Crippen MR) is 83.5 cm³/mol. The number of methoxy groups -OCH3 is 1. The lowest BCUT2D eigenvalue weighted by Crippen LogP contribution is -2.25. The zero-order valence-corrected chi connectivity index (χ0v) is 14.0. The molecule has 0 aliphatic carbocycles. The molecule has 6 heteroatoms. The fourth-order valence-corrected chi connectivity index (χ4v) is 2.30. The average Bonchev–Trinajstić information content (AvgIpc) is 2.71. The van der Waals surface area contributed by atoms with Crippen molar-refractivity contribution in [1.82, 2.24) is 4.90 Å². The maximum absolute atomic E-state index is 12.2. The Morgan fingerprint density at radius 1 is 1.35 bits per heavy atom. The lowest BCUT2D eigenvalue weighted by Gasteiger charge is -2.17. The van der Waals surface area contributed by atoms with E-state index in [1.165, 1.54) is 4.90 Å². The molecule has 0 unspecified atom stereocenters. The standard InChI is InChI=1S/C17H21NO5/c1-11-8-12(6-7-13(11)21-5)10-18(4)15(19)9-14-16(20)23-17(2,3)22-14/h6-9H,10H2,1-5H3/b14-9-. The zero-order valence-electron chi connectivity index (χ0n) is 14.0. The molecule has 1 aliphatic heterocycles. The highest BCUT2D eigenvalue weighted by atomic mass is 16.8. The molecule has 0 radical (unpaired) electrons. The first-order valence-corrected chi connectivity index (χ1v) is 7.24. The van der Waals surface area contributed by atoms with Crippen LogP contribution in [0.5, 0.6) is 5.75 Å². The van der Waals surface area contributed by atoms with Crippen LogP contribution < -0.4 is 4.74 Å². The van der Waals surface area contributed by atoms with E-state index < -0.39 is 11.8 Å². The van der Waals surface area contributed by atoms with Crippen molar-refractivity contribution in [3.05, 3.63) is 41.2 Å². The van der Waals surface area contributed by atoms with Gasteiger partial charge < -0.3 is 19.1 Å². The summed E-state index contributed by atoms with van der Waals surface area (Å²) in [6.07, 6.45) is 1.16. The van der Waals surface area contributed by atoms with Crippen LogP contribution in [0.15, 0.2) is 30.0 Å². The topological polar surface area (TPSA) is 65.1 Å². The van der Waals surface area contributed by atoms with Crippen LogP contribution in [0.25, 0.3) is 0 Å². The monoisotopic (exact) mass is 319 g/mol. The van der Waals surface area contributed by atoms with Gasteiger partial charge in [0.2, 0.25) is 11.5 Å². The van der Waals surface area contributed by atoms with Gasteiger partial charge in [0, 0.05) is 27.4 Å². The molecular formula is C17H21NO5. The fourth-order valence-electron chi connectivity index (χ4n) is 2.30. The Balaban J connectivity index is 2.06. The third-order valence-electron chi connectivity index (χ3n) is 3.41. The smallest absolute Gasteiger partial charge is 0.377 e. The third-order valence-corrected chi connectivity index (χ3v) is 3.41. The van der Waals surface area contributed by atoms with Crippen LogP contribution in [0.2, 0.25) is 0 Å². The lowest BCUT2D eigenvalue weighted by atomic mass is 10.1. The number of rotatable bonds is 4. The van der Waals surface area contributed by atoms with Gasteiger partial charge in [-0.15, -0.1) is 0 Å². The molecule has 0 atom stereocenters. The number of aryl methyl sites for hydroxylation is 1. The van der Waals surface area contributed by atoms with Crippen LogP contribution in [0, 0.1) is 6.92 Å². The van der Waals surface area contributed by atoms with Gasteiger partial charge in [0.05, 0.1) is 13.2 Å². The minimum atomic E-state index is -1.03. The number of hydrogen-bond donors (Lipinski definition) is 0. The number of hydrogen-bond acceptors (Lipinski definition) is 5. The fraction of sp³-hybridized carbons (Fsp3) is 0.412. The molecule has 124 valence electrons. The lowest BCUT2D eigenvalue weighted by molar-refractivity contribution is -0.159. The van der Waals surface area contributed by atoms with E-state index in [0.717, 1.165) is 23.0 Å². The van der Waals surface area contributed by atoms with Crippen LogP contribution in [0.4, 0.5) is 0 Å². The zero-order chi connectivity index (χ0) is 17.2. The molecular weight excluding hydrogens is 298 g/mol. The van der Waals surface area contributed by atoms with Gasteiger partial charge in [-0.05, 0) is 24.1 Å². The van der Waals surface area contributed by atoms with Gasteiger partial charge in [-0.25, -0.2) is 4.79 Å². The predicted octanol–water partition coefficient (Wildman–Crippen LogP) is 2.16. The number of esters is 1. The van der Waals surface area contributed by atoms with E-state index in [1.54, 1.807) is 28.0 Å². The maximum atomic E-state index is 12.2. The van der Waals surface area contributed by atoms with Gasteiger partial charge in [-0.1, -0.05) is 12.1 Å². The van der Waals surface area contributed by atoms with E-state index in [9.17, 15) is 9.59 Å². The molecule has 23 heavy (non-hydrogen) atoms. The summed E-state index contributed by atoms with van der Waals surface area (Å²) in [5, 5.41) is 0. The molecule has 0 aromatic heterocycles. The molecule has 2 rings (SSSR count). The second-order valence-electron chi connectivity index (χ2n) is 5.90. The molecule has 1 amide bonds. The van der Waals surface area contributed by atoms with E-state index >= 15 is 0 Å². The van der Waals surface area contributed by atoms with Gasteiger partial charge >= 0.3 is 5.97 Å². The number of cyclic esters (lactones) is 1. The highest BCUT2D eigenvalue weighted by Gasteiger charge is 2.37. The molecule has 1 fully saturated rings. The van der Waals surface area contributed by atoms with Gasteiger partial charge in [-0.3, -0.25) is 4.79 Å². The molecule has 1 aromatic carbocycles. The summed E-state index contributed by atoms with van der Waals surface area (Å²) in [7, 11) is 3.27. The van der Waals surface area contributed by atoms with Crippen molar-refractivity contribution < 1.29 is 23.8 Å². The molecule has 0 saturated carbocycles. The Kier molecular flexibility index (Phi) is 4.63. The molecule has 0 bridgehead atoms. The van der Waals surface area contributed by atoms with E-state index in [0.29, 0.717) is 6.54 Å². The average molecular weight is 319 g/mol. The van der Waals surface area contributed by atoms with E-state index in [2.05, 4.69) is 0 Å². The highest BCUT2D eigenvalue weighted by Crippen LogP contribution is 2.26. The number of benzene rings is 1. The Bertz CT molecular complexity index is 663. The van der Waals surface area contributed by atoms with Crippen LogP contribution >= 0.6 is 0 Å². The Labute approximate surface area is 135 Å². The minimum absolute atomic E-state index is 0.0715. The Morgan fingerprint density at radius 3 is 2.57 bits per heavy atom. The van der Waals surface area contributed by atoms with Gasteiger partial charge in [-0.2, -0.15) is 0 Å². The summed E-state index contributed by atoms with van der Waals surface area (Å²) in [5.41, 5.74) is 1.96. The molecule has 1 aliphatic rings. The van der Waals surface area contributed by atoms with Crippen LogP contribution in [0.1, 0.15) is 25.0 Å². The van der Waals surface area contributed by atoms with Crippen molar-refractivity contribution in [2.45, 2.75) is 33.1 Å². The minimum Gasteiger partial charge on any atom is -0.496 e. The SMILES string of the molecule is COc1ccc(CN(C)C(=O)/C=C2\OC(C)(C)OC2=O)cc1C. The van der Waals surface area contributed by atoms with Crippen molar-refractivity contribution in [2.24, 2.45) is 0 Å². The Morgan fingerprint density at radius 2 is 2.04 bits per heavy atom. The van der Waals surface area contributed by atoms with E-state index in [4.69, 9.17) is 14.2 Å². The second-order valence-corrected chi connectivity index (χ2v) is 5.90. The number of likely N-dealkylation sites (N-methyl/N-ethyl adjacent to an activating group) is 1. The number of nitrogens with zero attached hydrogens (tertiary/aromatic N) is 1. The highest BCUT2D eigenvalue weighted by molar-refractivity contribution is 5.97. The van der Waals surface area contributed by atoms with Crippen molar-refractivity contribution in [2.75, 3.05) is 14.2 Å². The van der Waals surface area contributed by atoms with Crippen LogP contribution in [-0.4, -0.2) is 36.7 Å². The maximum Gasteiger partial charge on any atom is 0.377 e. The summed E-state index contributed by atoms with van der Waals surface area (Å²) >= 11 is 0. The summed E-state index contributed by atoms with van der Waals surface area (Å²) in [6.45, 7) is 5.57. The van der Waals surface area contributed by atoms with Crippen LogP contribution in [0.3, 0.4) is 0 Å². The molecule has 1 saturated heterocycles. The van der Waals surface area contributed by atoms with Crippen LogP contribution in [-0.2, 0) is 25.6 Å². The third kappa shape index (κ3) is 4.03. The molecule has 0 spiro atoms. The summed E-state index contributed by atoms with van der Waals surface area (Å²) < 4.78 is 15.5. The van der Waals surface area contributed by atoms with Gasteiger partial charge in [0.25, 0.3) is 5.91 Å². The summed E-state index contributed by atoms with van der Waals surface area (Å²) in [4.78, 5) is 25.3. The number of amides is 1. The number of ether oxygens (including phenoxy) is 3. The first-order chi connectivity index (χ1) is 10.7. The van der Waals surface area contributed by atoms with E-state index in [1.807, 2.05) is 25.1 Å². The van der Waals surface area contributed by atoms with Crippen molar-refractivity contribution >= 4 is 11.9 Å². The molecule has 1 heterocycles. The molecule has 6 nitrogen and oxygen atoms in total. The normalized spacial score (nSPS) is 17.6. The van der Waals surface area contributed by atoms with E-state index in [-0.39, 0.29) is 11.7 Å². The summed E-state index contributed by atoms with van der Waals surface area (Å²) in [6, 6.07) is 5.72.